The topological polar surface area (TPSA) is 58.5 Å². The lowest BCUT2D eigenvalue weighted by Gasteiger charge is -2.05. The Hall–Kier alpha value is -1.20. The normalized spacial score (nSPS) is 31.5. The molecule has 1 amide bonds. The van der Waals surface area contributed by atoms with Gasteiger partial charge in [0, 0.05) is 0 Å². The predicted molar refractivity (Wildman–Crippen MR) is 52.9 cm³/mol. The molecule has 0 radical (unpaired) electrons. The minimum Gasteiger partial charge on any atom is -0.270 e. The fourth-order valence-corrected chi connectivity index (χ4v) is 3.06. The molecule has 2 unspecified atom stereocenters. The summed E-state index contributed by atoms with van der Waals surface area (Å²) < 4.78 is 18.5. The third kappa shape index (κ3) is 1.44. The van der Waals surface area contributed by atoms with Crippen molar-refractivity contribution in [1.82, 2.24) is 4.72 Å². The van der Waals surface area contributed by atoms with E-state index < -0.39 is 16.0 Å². The molecular formula is C9H10N2O2S. The van der Waals surface area contributed by atoms with Crippen molar-refractivity contribution in [2.75, 3.05) is 0 Å². The Bertz CT molecular complexity index is 475. The molecule has 1 aliphatic heterocycles. The van der Waals surface area contributed by atoms with Crippen LogP contribution in [0.1, 0.15) is 6.92 Å². The first kappa shape index (κ1) is 9.36. The van der Waals surface area contributed by atoms with Crippen molar-refractivity contribution in [3.05, 3.63) is 30.3 Å². The summed E-state index contributed by atoms with van der Waals surface area (Å²) in [5.74, 6) is -0.348. The second kappa shape index (κ2) is 3.18. The van der Waals surface area contributed by atoms with E-state index in [1.54, 1.807) is 31.2 Å². The van der Waals surface area contributed by atoms with Crippen molar-refractivity contribution in [2.45, 2.75) is 17.9 Å². The number of nitrogens with zero attached hydrogens (tertiary/aromatic N) is 1. The fourth-order valence-electron chi connectivity index (χ4n) is 1.25. The van der Waals surface area contributed by atoms with Crippen LogP contribution in [0.15, 0.2) is 39.6 Å². The molecule has 74 valence electrons. The first-order chi connectivity index (χ1) is 6.62. The van der Waals surface area contributed by atoms with Crippen LogP contribution in [0.2, 0.25) is 0 Å². The molecule has 0 fully saturated rings. The number of carbonyl (C=O) groups excluding carboxylic acids is 1. The number of hydrogen-bond donors (Lipinski definition) is 1. The molecule has 0 spiro atoms. The maximum absolute atomic E-state index is 12.1. The van der Waals surface area contributed by atoms with Gasteiger partial charge in [-0.3, -0.25) is 4.79 Å². The van der Waals surface area contributed by atoms with Gasteiger partial charge in [-0.2, -0.15) is 0 Å². The van der Waals surface area contributed by atoms with E-state index in [0.29, 0.717) is 4.90 Å². The Morgan fingerprint density at radius 1 is 1.36 bits per heavy atom. The lowest BCUT2D eigenvalue weighted by atomic mass is 10.4. The average molecular weight is 210 g/mol. The molecule has 2 atom stereocenters. The molecule has 0 saturated carbocycles. The Labute approximate surface area is 82.6 Å². The van der Waals surface area contributed by atoms with E-state index in [-0.39, 0.29) is 5.91 Å². The summed E-state index contributed by atoms with van der Waals surface area (Å²) in [5, 5.41) is 0. The number of nitrogens with one attached hydrogen (secondary N) is 1. The monoisotopic (exact) mass is 210 g/mol. The van der Waals surface area contributed by atoms with Crippen molar-refractivity contribution < 1.29 is 9.00 Å². The van der Waals surface area contributed by atoms with Crippen molar-refractivity contribution in [1.29, 1.82) is 0 Å². The summed E-state index contributed by atoms with van der Waals surface area (Å²) in [6.45, 7) is 1.65. The molecule has 0 aromatic heterocycles. The molecular weight excluding hydrogens is 200 g/mol. The second-order valence-corrected chi connectivity index (χ2v) is 5.05. The van der Waals surface area contributed by atoms with Crippen LogP contribution in [0.4, 0.5) is 0 Å². The highest BCUT2D eigenvalue weighted by atomic mass is 32.2. The van der Waals surface area contributed by atoms with Gasteiger partial charge in [0.1, 0.15) is 9.92 Å². The maximum Gasteiger partial charge on any atom is 0.272 e. The standard InChI is InChI=1S/C9H10N2O2S/c1-7-9(12)11-14(13,10-7)8-5-3-2-4-6-8/h2-7H,1H3,(H,10,11,12,13). The molecule has 1 aromatic carbocycles. The van der Waals surface area contributed by atoms with Gasteiger partial charge in [-0.15, -0.1) is 4.36 Å². The highest BCUT2D eigenvalue weighted by Gasteiger charge is 2.28. The molecule has 0 bridgehead atoms. The Morgan fingerprint density at radius 3 is 2.50 bits per heavy atom. The lowest BCUT2D eigenvalue weighted by molar-refractivity contribution is -0.118. The minimum atomic E-state index is -2.71. The minimum absolute atomic E-state index is 0.348. The van der Waals surface area contributed by atoms with Gasteiger partial charge in [-0.25, -0.2) is 8.93 Å². The molecule has 1 aliphatic rings. The number of benzene rings is 1. The van der Waals surface area contributed by atoms with E-state index in [0.717, 1.165) is 0 Å². The molecule has 0 aliphatic carbocycles. The van der Waals surface area contributed by atoms with Crippen LogP contribution in [0.5, 0.6) is 0 Å². The molecule has 1 heterocycles. The Morgan fingerprint density at radius 2 is 2.00 bits per heavy atom. The smallest absolute Gasteiger partial charge is 0.270 e. The number of hydrogen-bond acceptors (Lipinski definition) is 2. The van der Waals surface area contributed by atoms with Crippen molar-refractivity contribution in [2.24, 2.45) is 4.36 Å². The van der Waals surface area contributed by atoms with Gasteiger partial charge >= 0.3 is 0 Å². The highest BCUT2D eigenvalue weighted by Crippen LogP contribution is 2.16. The molecule has 0 saturated heterocycles. The zero-order valence-corrected chi connectivity index (χ0v) is 8.45. The quantitative estimate of drug-likeness (QED) is 0.750. The van der Waals surface area contributed by atoms with Crippen LogP contribution < -0.4 is 4.72 Å². The predicted octanol–water partition coefficient (Wildman–Crippen LogP) is 0.947. The van der Waals surface area contributed by atoms with Gasteiger partial charge < -0.3 is 0 Å². The van der Waals surface area contributed by atoms with Crippen LogP contribution in [-0.4, -0.2) is 16.2 Å². The molecule has 1 aromatic rings. The van der Waals surface area contributed by atoms with Crippen LogP contribution >= 0.6 is 0 Å². The van der Waals surface area contributed by atoms with Gasteiger partial charge in [0.15, 0.2) is 0 Å². The van der Waals surface area contributed by atoms with E-state index in [9.17, 15) is 9.00 Å². The van der Waals surface area contributed by atoms with Crippen molar-refractivity contribution >= 4 is 15.8 Å². The summed E-state index contributed by atoms with van der Waals surface area (Å²) >= 11 is 0. The number of amides is 1. The first-order valence-electron chi connectivity index (χ1n) is 4.25. The largest absolute Gasteiger partial charge is 0.272 e. The van der Waals surface area contributed by atoms with Crippen molar-refractivity contribution in [3.8, 4) is 0 Å². The molecule has 14 heavy (non-hydrogen) atoms. The van der Waals surface area contributed by atoms with Crippen molar-refractivity contribution in [3.63, 3.8) is 0 Å². The molecule has 5 heteroatoms. The fraction of sp³-hybridized carbons (Fsp3) is 0.222. The third-order valence-corrected chi connectivity index (χ3v) is 4.01. The highest BCUT2D eigenvalue weighted by molar-refractivity contribution is 7.92. The molecule has 2 rings (SSSR count). The molecule has 4 nitrogen and oxygen atoms in total. The Kier molecular flexibility index (Phi) is 2.13. The summed E-state index contributed by atoms with van der Waals surface area (Å²) in [6.07, 6.45) is 0. The van der Waals surface area contributed by atoms with Gasteiger partial charge in [0.05, 0.1) is 10.9 Å². The maximum atomic E-state index is 12.1. The summed E-state index contributed by atoms with van der Waals surface area (Å²) in [5.41, 5.74) is 0. The van der Waals surface area contributed by atoms with Crippen LogP contribution in [0, 0.1) is 0 Å². The summed E-state index contributed by atoms with van der Waals surface area (Å²) in [6, 6.07) is 8.31. The van der Waals surface area contributed by atoms with Gasteiger partial charge in [-0.05, 0) is 19.1 Å². The number of carbonyl (C=O) groups is 1. The van der Waals surface area contributed by atoms with Crippen LogP contribution in [-0.2, 0) is 14.7 Å². The first-order valence-corrected chi connectivity index (χ1v) is 5.77. The van der Waals surface area contributed by atoms with E-state index >= 15 is 0 Å². The summed E-state index contributed by atoms with van der Waals surface area (Å²) in [7, 11) is -2.71. The van der Waals surface area contributed by atoms with E-state index in [1.165, 1.54) is 0 Å². The summed E-state index contributed by atoms with van der Waals surface area (Å²) in [4.78, 5) is 11.7. The van der Waals surface area contributed by atoms with Gasteiger partial charge in [0.2, 0.25) is 0 Å². The van der Waals surface area contributed by atoms with Gasteiger partial charge in [-0.1, -0.05) is 18.2 Å². The lowest BCUT2D eigenvalue weighted by Crippen LogP contribution is -2.29. The van der Waals surface area contributed by atoms with E-state index in [2.05, 4.69) is 9.08 Å². The average Bonchev–Trinajstić information content (AvgIpc) is 2.44. The van der Waals surface area contributed by atoms with Crippen LogP contribution in [0.25, 0.3) is 0 Å². The molecule has 1 N–H and O–H groups in total. The van der Waals surface area contributed by atoms with E-state index in [4.69, 9.17) is 0 Å². The number of rotatable bonds is 1. The second-order valence-electron chi connectivity index (χ2n) is 3.11. The SMILES string of the molecule is CC1NS(=O)(c2ccccc2)=NC1=O. The van der Waals surface area contributed by atoms with E-state index in [1.807, 2.05) is 6.07 Å². The zero-order valence-electron chi connectivity index (χ0n) is 7.64. The van der Waals surface area contributed by atoms with Gasteiger partial charge in [0.25, 0.3) is 5.91 Å². The zero-order chi connectivity index (χ0) is 10.2. The third-order valence-electron chi connectivity index (χ3n) is 1.99. The Balaban J connectivity index is 2.51. The van der Waals surface area contributed by atoms with Crippen LogP contribution in [0.3, 0.4) is 0 Å².